The first-order chi connectivity index (χ1) is 17.0. The summed E-state index contributed by atoms with van der Waals surface area (Å²) in [6, 6.07) is 8.16. The molecule has 0 radical (unpaired) electrons. The maximum atomic E-state index is 13.6. The number of aromatic nitrogens is 4. The molecule has 0 aliphatic heterocycles. The van der Waals surface area contributed by atoms with Crippen LogP contribution in [-0.2, 0) is 4.74 Å². The highest BCUT2D eigenvalue weighted by Gasteiger charge is 2.22. The van der Waals surface area contributed by atoms with Gasteiger partial charge < -0.3 is 23.4 Å². The smallest absolute Gasteiger partial charge is 0.414 e. The highest BCUT2D eigenvalue weighted by Crippen LogP contribution is 2.39. The SMILES string of the molecule is COC(=O)Nc1nc(-c2ccc(C(=O)c3cc(OC)c(OC)c(OC)c3)c(-n3cncn3)c2)co1. The summed E-state index contributed by atoms with van der Waals surface area (Å²) in [5.74, 6) is 0.764. The Balaban J connectivity index is 1.78. The molecule has 180 valence electrons. The lowest BCUT2D eigenvalue weighted by molar-refractivity contribution is 0.103. The van der Waals surface area contributed by atoms with Gasteiger partial charge in [0, 0.05) is 16.7 Å². The number of hydrogen-bond donors (Lipinski definition) is 1. The van der Waals surface area contributed by atoms with Crippen LogP contribution in [0.25, 0.3) is 16.9 Å². The lowest BCUT2D eigenvalue weighted by Crippen LogP contribution is -2.11. The molecule has 2 aromatic heterocycles. The number of ether oxygens (including phenoxy) is 4. The minimum Gasteiger partial charge on any atom is -0.493 e. The monoisotopic (exact) mass is 479 g/mol. The van der Waals surface area contributed by atoms with E-state index in [1.807, 2.05) is 0 Å². The van der Waals surface area contributed by atoms with E-state index in [4.69, 9.17) is 18.6 Å². The first kappa shape index (κ1) is 23.3. The molecule has 0 unspecified atom stereocenters. The summed E-state index contributed by atoms with van der Waals surface area (Å²) >= 11 is 0. The van der Waals surface area contributed by atoms with Gasteiger partial charge in [-0.3, -0.25) is 4.79 Å². The van der Waals surface area contributed by atoms with E-state index in [2.05, 4.69) is 25.1 Å². The molecule has 0 fully saturated rings. The van der Waals surface area contributed by atoms with Crippen LogP contribution in [0.4, 0.5) is 10.8 Å². The van der Waals surface area contributed by atoms with Crippen molar-refractivity contribution < 1.29 is 33.0 Å². The summed E-state index contributed by atoms with van der Waals surface area (Å²) in [5.41, 5.74) is 2.14. The Morgan fingerprint density at radius 2 is 1.74 bits per heavy atom. The third kappa shape index (κ3) is 4.62. The number of anilines is 1. The van der Waals surface area contributed by atoms with E-state index in [1.165, 1.54) is 52.0 Å². The van der Waals surface area contributed by atoms with Crippen LogP contribution in [0.3, 0.4) is 0 Å². The molecule has 4 aromatic rings. The summed E-state index contributed by atoms with van der Waals surface area (Å²) in [6.07, 6.45) is 3.48. The number of rotatable bonds is 8. The molecule has 4 rings (SSSR count). The minimum atomic E-state index is -0.715. The van der Waals surface area contributed by atoms with Crippen LogP contribution >= 0.6 is 0 Å². The Bertz CT molecular complexity index is 1340. The second-order valence-corrected chi connectivity index (χ2v) is 6.97. The molecule has 0 saturated carbocycles. The standard InChI is InChI=1S/C23H21N5O7/c1-31-18-8-14(9-19(32-2)21(18)33-3)20(29)15-6-5-13(7-17(15)28-12-24-11-25-28)16-10-35-22(26-16)27-23(30)34-4/h5-12H,1-4H3,(H,26,27,30). The van der Waals surface area contributed by atoms with Crippen LogP contribution in [0.5, 0.6) is 17.2 Å². The quantitative estimate of drug-likeness (QED) is 0.374. The van der Waals surface area contributed by atoms with Gasteiger partial charge in [-0.25, -0.2) is 19.8 Å². The zero-order valence-electron chi connectivity index (χ0n) is 19.3. The summed E-state index contributed by atoms with van der Waals surface area (Å²) in [5, 5.41) is 6.53. The summed E-state index contributed by atoms with van der Waals surface area (Å²) in [6.45, 7) is 0. The molecule has 12 heteroatoms. The number of oxazole rings is 1. The Morgan fingerprint density at radius 1 is 1.00 bits per heavy atom. The lowest BCUT2D eigenvalue weighted by Gasteiger charge is -2.15. The van der Waals surface area contributed by atoms with Crippen LogP contribution in [-0.4, -0.2) is 60.1 Å². The van der Waals surface area contributed by atoms with Crippen molar-refractivity contribution >= 4 is 17.9 Å². The Hall–Kier alpha value is -4.87. The first-order valence-electron chi connectivity index (χ1n) is 10.1. The van der Waals surface area contributed by atoms with E-state index in [9.17, 15) is 9.59 Å². The van der Waals surface area contributed by atoms with Crippen LogP contribution < -0.4 is 19.5 Å². The van der Waals surface area contributed by atoms with Gasteiger partial charge in [0.15, 0.2) is 17.3 Å². The van der Waals surface area contributed by atoms with Crippen molar-refractivity contribution in [1.29, 1.82) is 0 Å². The second-order valence-electron chi connectivity index (χ2n) is 6.97. The van der Waals surface area contributed by atoms with Crippen LogP contribution in [0.15, 0.2) is 53.7 Å². The van der Waals surface area contributed by atoms with Gasteiger partial charge in [-0.15, -0.1) is 0 Å². The summed E-state index contributed by atoms with van der Waals surface area (Å²) in [4.78, 5) is 33.2. The van der Waals surface area contributed by atoms with E-state index in [-0.39, 0.29) is 11.8 Å². The largest absolute Gasteiger partial charge is 0.493 e. The number of carbonyl (C=O) groups is 2. The molecule has 0 aliphatic rings. The highest BCUT2D eigenvalue weighted by atomic mass is 16.5. The van der Waals surface area contributed by atoms with Gasteiger partial charge >= 0.3 is 12.1 Å². The van der Waals surface area contributed by atoms with Gasteiger partial charge in [0.25, 0.3) is 0 Å². The summed E-state index contributed by atoms with van der Waals surface area (Å²) < 4.78 is 27.4. The molecule has 0 atom stereocenters. The molecule has 2 heterocycles. The van der Waals surface area contributed by atoms with E-state index in [1.54, 1.807) is 30.3 Å². The lowest BCUT2D eigenvalue weighted by atomic mass is 9.98. The number of nitrogens with one attached hydrogen (secondary N) is 1. The van der Waals surface area contributed by atoms with Crippen molar-refractivity contribution in [2.75, 3.05) is 33.8 Å². The third-order valence-corrected chi connectivity index (χ3v) is 5.03. The number of amides is 1. The third-order valence-electron chi connectivity index (χ3n) is 5.03. The Labute approximate surface area is 199 Å². The maximum Gasteiger partial charge on any atom is 0.414 e. The Kier molecular flexibility index (Phi) is 6.62. The molecule has 0 aliphatic carbocycles. The molecule has 0 saturated heterocycles. The van der Waals surface area contributed by atoms with Crippen molar-refractivity contribution in [1.82, 2.24) is 19.7 Å². The van der Waals surface area contributed by atoms with Gasteiger partial charge in [-0.2, -0.15) is 10.1 Å². The van der Waals surface area contributed by atoms with Crippen molar-refractivity contribution in [2.24, 2.45) is 0 Å². The molecule has 1 amide bonds. The zero-order chi connectivity index (χ0) is 24.9. The predicted octanol–water partition coefficient (Wildman–Crippen LogP) is 3.36. The summed E-state index contributed by atoms with van der Waals surface area (Å²) in [7, 11) is 5.66. The van der Waals surface area contributed by atoms with Gasteiger partial charge in [0.2, 0.25) is 5.75 Å². The van der Waals surface area contributed by atoms with Crippen molar-refractivity contribution in [3.05, 3.63) is 60.4 Å². The Morgan fingerprint density at radius 3 is 2.34 bits per heavy atom. The normalized spacial score (nSPS) is 10.5. The molecule has 12 nitrogen and oxygen atoms in total. The van der Waals surface area contributed by atoms with E-state index in [0.717, 1.165) is 0 Å². The molecule has 35 heavy (non-hydrogen) atoms. The number of carbonyl (C=O) groups excluding carboxylic acids is 2. The van der Waals surface area contributed by atoms with Crippen molar-refractivity contribution in [3.8, 4) is 34.2 Å². The molecule has 0 bridgehead atoms. The van der Waals surface area contributed by atoms with E-state index >= 15 is 0 Å². The first-order valence-corrected chi connectivity index (χ1v) is 10.1. The molecular weight excluding hydrogens is 458 g/mol. The maximum absolute atomic E-state index is 13.6. The highest BCUT2D eigenvalue weighted by molar-refractivity contribution is 6.12. The van der Waals surface area contributed by atoms with Crippen molar-refractivity contribution in [2.45, 2.75) is 0 Å². The molecular formula is C23H21N5O7. The van der Waals surface area contributed by atoms with E-state index < -0.39 is 6.09 Å². The molecule has 1 N–H and O–H groups in total. The molecule has 0 spiro atoms. The fraction of sp³-hybridized carbons (Fsp3) is 0.174. The van der Waals surface area contributed by atoms with Gasteiger partial charge in [0.1, 0.15) is 24.6 Å². The zero-order valence-corrected chi connectivity index (χ0v) is 19.3. The van der Waals surface area contributed by atoms with Gasteiger partial charge in [0.05, 0.1) is 34.1 Å². The average molecular weight is 479 g/mol. The number of nitrogens with zero attached hydrogens (tertiary/aromatic N) is 4. The number of methoxy groups -OCH3 is 4. The number of benzene rings is 2. The fourth-order valence-electron chi connectivity index (χ4n) is 3.37. The van der Waals surface area contributed by atoms with Crippen LogP contribution in [0, 0.1) is 0 Å². The minimum absolute atomic E-state index is 0.0354. The number of hydrogen-bond acceptors (Lipinski definition) is 10. The van der Waals surface area contributed by atoms with Gasteiger partial charge in [-0.05, 0) is 24.3 Å². The van der Waals surface area contributed by atoms with Gasteiger partial charge in [-0.1, -0.05) is 6.07 Å². The van der Waals surface area contributed by atoms with Crippen LogP contribution in [0.1, 0.15) is 15.9 Å². The van der Waals surface area contributed by atoms with Crippen molar-refractivity contribution in [3.63, 3.8) is 0 Å². The fourth-order valence-corrected chi connectivity index (χ4v) is 3.37. The molecule has 2 aromatic carbocycles. The average Bonchev–Trinajstić information content (AvgIpc) is 3.59. The predicted molar refractivity (Wildman–Crippen MR) is 122 cm³/mol. The van der Waals surface area contributed by atoms with Crippen LogP contribution in [0.2, 0.25) is 0 Å². The van der Waals surface area contributed by atoms with E-state index in [0.29, 0.717) is 45.3 Å². The second kappa shape index (κ2) is 9.95. The topological polar surface area (TPSA) is 140 Å². The number of ketones is 1.